The lowest BCUT2D eigenvalue weighted by Crippen LogP contribution is -2.30. The van der Waals surface area contributed by atoms with Gasteiger partial charge in [0.15, 0.2) is 10.7 Å². The second-order valence-corrected chi connectivity index (χ2v) is 6.55. The first-order chi connectivity index (χ1) is 10.4. The van der Waals surface area contributed by atoms with Crippen molar-refractivity contribution in [2.45, 2.75) is 18.0 Å². The van der Waals surface area contributed by atoms with Crippen molar-refractivity contribution in [1.82, 2.24) is 19.5 Å². The SMILES string of the molecule is COC(=O)c1cc(S(=O)(=O)N(C)C(C)c2ccncc2)[nH]n1. The Morgan fingerprint density at radius 1 is 1.36 bits per heavy atom. The van der Waals surface area contributed by atoms with Crippen LogP contribution >= 0.6 is 0 Å². The molecule has 0 fully saturated rings. The third-order valence-corrected chi connectivity index (χ3v) is 5.18. The maximum atomic E-state index is 12.6. The first-order valence-electron chi connectivity index (χ1n) is 6.39. The molecule has 22 heavy (non-hydrogen) atoms. The molecule has 0 spiro atoms. The Labute approximate surface area is 128 Å². The fourth-order valence-corrected chi connectivity index (χ4v) is 3.13. The number of hydrogen-bond acceptors (Lipinski definition) is 6. The van der Waals surface area contributed by atoms with Crippen LogP contribution in [0.3, 0.4) is 0 Å². The number of rotatable bonds is 5. The summed E-state index contributed by atoms with van der Waals surface area (Å²) in [7, 11) is -1.17. The van der Waals surface area contributed by atoms with Crippen molar-refractivity contribution in [2.75, 3.05) is 14.2 Å². The second-order valence-electron chi connectivity index (χ2n) is 4.59. The number of methoxy groups -OCH3 is 1. The minimum absolute atomic E-state index is 0.0916. The van der Waals surface area contributed by atoms with E-state index in [9.17, 15) is 13.2 Å². The number of aromatic amines is 1. The highest BCUT2D eigenvalue weighted by Crippen LogP contribution is 2.24. The van der Waals surface area contributed by atoms with Crippen LogP contribution in [0.1, 0.15) is 29.0 Å². The molecule has 0 aromatic carbocycles. The molecule has 0 radical (unpaired) electrons. The van der Waals surface area contributed by atoms with E-state index in [1.54, 1.807) is 31.5 Å². The molecular formula is C13H16N4O4S. The monoisotopic (exact) mass is 324 g/mol. The normalized spacial score (nSPS) is 13.1. The first kappa shape index (κ1) is 16.1. The number of esters is 1. The van der Waals surface area contributed by atoms with E-state index >= 15 is 0 Å². The third-order valence-electron chi connectivity index (χ3n) is 3.34. The molecular weight excluding hydrogens is 308 g/mol. The number of hydrogen-bond donors (Lipinski definition) is 1. The lowest BCUT2D eigenvalue weighted by atomic mass is 10.1. The summed E-state index contributed by atoms with van der Waals surface area (Å²) in [5.74, 6) is -0.706. The predicted octanol–water partition coefficient (Wildman–Crippen LogP) is 0.973. The van der Waals surface area contributed by atoms with Crippen LogP contribution in [0.25, 0.3) is 0 Å². The number of sulfonamides is 1. The van der Waals surface area contributed by atoms with E-state index in [4.69, 9.17) is 0 Å². The van der Waals surface area contributed by atoms with Crippen molar-refractivity contribution in [3.63, 3.8) is 0 Å². The highest BCUT2D eigenvalue weighted by Gasteiger charge is 2.29. The van der Waals surface area contributed by atoms with Gasteiger partial charge in [0.2, 0.25) is 0 Å². The lowest BCUT2D eigenvalue weighted by Gasteiger charge is -2.23. The van der Waals surface area contributed by atoms with Gasteiger partial charge in [0.05, 0.1) is 7.11 Å². The van der Waals surface area contributed by atoms with Crippen molar-refractivity contribution in [2.24, 2.45) is 0 Å². The predicted molar refractivity (Wildman–Crippen MR) is 77.5 cm³/mol. The van der Waals surface area contributed by atoms with Crippen molar-refractivity contribution in [3.8, 4) is 0 Å². The van der Waals surface area contributed by atoms with Crippen LogP contribution in [0.5, 0.6) is 0 Å². The number of nitrogens with one attached hydrogen (secondary N) is 1. The van der Waals surface area contributed by atoms with Gasteiger partial charge in [-0.15, -0.1) is 0 Å². The van der Waals surface area contributed by atoms with E-state index in [1.165, 1.54) is 18.5 Å². The molecule has 2 aromatic heterocycles. The molecule has 8 nitrogen and oxygen atoms in total. The van der Waals surface area contributed by atoms with Gasteiger partial charge < -0.3 is 4.74 Å². The van der Waals surface area contributed by atoms with Crippen LogP contribution < -0.4 is 0 Å². The van der Waals surface area contributed by atoms with Gasteiger partial charge in [-0.05, 0) is 24.6 Å². The number of carbonyl (C=O) groups excluding carboxylic acids is 1. The number of nitrogens with zero attached hydrogens (tertiary/aromatic N) is 3. The molecule has 2 rings (SSSR count). The molecule has 0 amide bonds. The molecule has 1 unspecified atom stereocenters. The Hall–Kier alpha value is -2.26. The molecule has 0 aliphatic heterocycles. The Morgan fingerprint density at radius 2 is 2.00 bits per heavy atom. The van der Waals surface area contributed by atoms with Crippen LogP contribution in [0.4, 0.5) is 0 Å². The zero-order valence-electron chi connectivity index (χ0n) is 12.3. The van der Waals surface area contributed by atoms with E-state index in [1.807, 2.05) is 0 Å². The van der Waals surface area contributed by atoms with E-state index in [0.717, 1.165) is 11.6 Å². The lowest BCUT2D eigenvalue weighted by molar-refractivity contribution is 0.0594. The van der Waals surface area contributed by atoms with Crippen LogP contribution in [-0.2, 0) is 14.8 Å². The largest absolute Gasteiger partial charge is 0.464 e. The first-order valence-corrected chi connectivity index (χ1v) is 7.83. The summed E-state index contributed by atoms with van der Waals surface area (Å²) >= 11 is 0. The van der Waals surface area contributed by atoms with Crippen molar-refractivity contribution >= 4 is 16.0 Å². The fraction of sp³-hybridized carbons (Fsp3) is 0.308. The average Bonchev–Trinajstić information content (AvgIpc) is 3.04. The van der Waals surface area contributed by atoms with Crippen LogP contribution in [0.2, 0.25) is 0 Å². The van der Waals surface area contributed by atoms with Gasteiger partial charge in [0.1, 0.15) is 0 Å². The zero-order chi connectivity index (χ0) is 16.3. The van der Waals surface area contributed by atoms with Gasteiger partial charge in [0, 0.05) is 31.5 Å². The smallest absolute Gasteiger partial charge is 0.358 e. The molecule has 2 heterocycles. The Morgan fingerprint density at radius 3 is 2.59 bits per heavy atom. The van der Waals surface area contributed by atoms with Crippen molar-refractivity contribution < 1.29 is 17.9 Å². The third kappa shape index (κ3) is 3.00. The molecule has 0 saturated heterocycles. The van der Waals surface area contributed by atoms with Crippen LogP contribution in [0, 0.1) is 0 Å². The second kappa shape index (κ2) is 6.24. The molecule has 0 bridgehead atoms. The summed E-state index contributed by atoms with van der Waals surface area (Å²) < 4.78 is 30.8. The molecule has 1 N–H and O–H groups in total. The van der Waals surface area contributed by atoms with Gasteiger partial charge in [-0.1, -0.05) is 0 Å². The highest BCUT2D eigenvalue weighted by molar-refractivity contribution is 7.89. The fourth-order valence-electron chi connectivity index (χ4n) is 1.86. The number of aromatic nitrogens is 3. The molecule has 1 atom stereocenters. The maximum Gasteiger partial charge on any atom is 0.358 e. The Balaban J connectivity index is 2.30. The van der Waals surface area contributed by atoms with E-state index in [-0.39, 0.29) is 10.7 Å². The maximum absolute atomic E-state index is 12.6. The molecule has 0 aliphatic carbocycles. The number of carbonyl (C=O) groups is 1. The topological polar surface area (TPSA) is 105 Å². The zero-order valence-corrected chi connectivity index (χ0v) is 13.2. The van der Waals surface area contributed by atoms with Crippen LogP contribution in [-0.4, -0.2) is 48.0 Å². The van der Waals surface area contributed by atoms with Gasteiger partial charge in [-0.3, -0.25) is 10.1 Å². The summed E-state index contributed by atoms with van der Waals surface area (Å²) in [4.78, 5) is 15.3. The van der Waals surface area contributed by atoms with E-state index in [2.05, 4.69) is 19.9 Å². The summed E-state index contributed by atoms with van der Waals surface area (Å²) in [6.07, 6.45) is 3.19. The van der Waals surface area contributed by atoms with E-state index in [0.29, 0.717) is 0 Å². The van der Waals surface area contributed by atoms with Gasteiger partial charge in [0.25, 0.3) is 10.0 Å². The number of pyridine rings is 1. The number of ether oxygens (including phenoxy) is 1. The van der Waals surface area contributed by atoms with Gasteiger partial charge >= 0.3 is 5.97 Å². The van der Waals surface area contributed by atoms with Crippen molar-refractivity contribution in [1.29, 1.82) is 0 Å². The molecule has 0 saturated carbocycles. The summed E-state index contributed by atoms with van der Waals surface area (Å²) in [6.45, 7) is 1.75. The summed E-state index contributed by atoms with van der Waals surface area (Å²) in [6, 6.07) is 4.22. The summed E-state index contributed by atoms with van der Waals surface area (Å²) in [5, 5.41) is 5.84. The number of H-pyrrole nitrogens is 1. The highest BCUT2D eigenvalue weighted by atomic mass is 32.2. The minimum atomic E-state index is -3.82. The minimum Gasteiger partial charge on any atom is -0.464 e. The quantitative estimate of drug-likeness (QED) is 0.822. The average molecular weight is 324 g/mol. The van der Waals surface area contributed by atoms with Gasteiger partial charge in [-0.2, -0.15) is 9.40 Å². The van der Waals surface area contributed by atoms with E-state index < -0.39 is 22.0 Å². The molecule has 9 heteroatoms. The van der Waals surface area contributed by atoms with Crippen molar-refractivity contribution in [3.05, 3.63) is 41.9 Å². The van der Waals surface area contributed by atoms with Gasteiger partial charge in [-0.25, -0.2) is 13.2 Å². The molecule has 118 valence electrons. The van der Waals surface area contributed by atoms with Crippen LogP contribution in [0.15, 0.2) is 35.6 Å². The molecule has 2 aromatic rings. The molecule has 0 aliphatic rings. The Bertz CT molecular complexity index is 757. The summed E-state index contributed by atoms with van der Waals surface area (Å²) in [5.41, 5.74) is 0.708. The standard InChI is InChI=1S/C13H16N4O4S/c1-9(10-4-6-14-7-5-10)17(2)22(19,20)12-8-11(15-16-12)13(18)21-3/h4-9H,1-3H3,(H,15,16). The Kier molecular flexibility index (Phi) is 4.57.